The molecule has 3 rings (SSSR count). The van der Waals surface area contributed by atoms with Crippen LogP contribution in [0.25, 0.3) is 0 Å². The molecule has 0 fully saturated rings. The van der Waals surface area contributed by atoms with Crippen LogP contribution in [0.15, 0.2) is 46.2 Å². The van der Waals surface area contributed by atoms with Gasteiger partial charge in [0.2, 0.25) is 0 Å². The minimum Gasteiger partial charge on any atom is -0.480 e. The number of sulfonamides is 1. The van der Waals surface area contributed by atoms with Crippen LogP contribution in [0, 0.1) is 0 Å². The third-order valence-electron chi connectivity index (χ3n) is 3.61. The number of benzene rings is 1. The van der Waals surface area contributed by atoms with Crippen molar-refractivity contribution in [3.63, 3.8) is 0 Å². The zero-order valence-corrected chi connectivity index (χ0v) is 12.7. The van der Waals surface area contributed by atoms with Crippen LogP contribution in [0.5, 0.6) is 0 Å². The highest BCUT2D eigenvalue weighted by molar-refractivity contribution is 7.92. The third-order valence-corrected chi connectivity index (χ3v) is 4.99. The molecule has 1 atom stereocenters. The van der Waals surface area contributed by atoms with E-state index in [9.17, 15) is 18.0 Å². The van der Waals surface area contributed by atoms with Crippen LogP contribution >= 0.6 is 0 Å². The summed E-state index contributed by atoms with van der Waals surface area (Å²) in [5, 5.41) is 9.16. The van der Waals surface area contributed by atoms with Gasteiger partial charge in [-0.2, -0.15) is 0 Å². The highest BCUT2D eigenvalue weighted by Crippen LogP contribution is 2.23. The molecule has 23 heavy (non-hydrogen) atoms. The van der Waals surface area contributed by atoms with Gasteiger partial charge in [0.05, 0.1) is 11.1 Å². The van der Waals surface area contributed by atoms with Crippen molar-refractivity contribution < 1.29 is 18.3 Å². The Morgan fingerprint density at radius 3 is 2.65 bits per heavy atom. The first-order valence-corrected chi connectivity index (χ1v) is 8.29. The maximum Gasteiger partial charge on any atom is 0.326 e. The van der Waals surface area contributed by atoms with E-state index >= 15 is 0 Å². The first-order chi connectivity index (χ1) is 10.9. The highest BCUT2D eigenvalue weighted by atomic mass is 32.2. The second-order valence-electron chi connectivity index (χ2n) is 5.07. The summed E-state index contributed by atoms with van der Waals surface area (Å²) < 4.78 is 27.7. The van der Waals surface area contributed by atoms with Gasteiger partial charge in [0.1, 0.15) is 17.6 Å². The van der Waals surface area contributed by atoms with E-state index in [2.05, 4.69) is 9.71 Å². The fourth-order valence-corrected chi connectivity index (χ4v) is 3.57. The van der Waals surface area contributed by atoms with Crippen LogP contribution in [0.3, 0.4) is 0 Å². The summed E-state index contributed by atoms with van der Waals surface area (Å²) in [6, 6.07) is 6.54. The number of anilines is 1. The smallest absolute Gasteiger partial charge is 0.326 e. The SMILES string of the molecule is O=C(O)[C@@H]1CCc2ncc(NS(=O)(=O)c3ccccc3)c(=O)n21. The van der Waals surface area contributed by atoms with Gasteiger partial charge in [-0.1, -0.05) is 18.2 Å². The lowest BCUT2D eigenvalue weighted by atomic mass is 10.2. The maximum absolute atomic E-state index is 12.4. The molecule has 0 radical (unpaired) electrons. The molecule has 0 spiro atoms. The number of aliphatic carboxylic acids is 1. The van der Waals surface area contributed by atoms with E-state index < -0.39 is 27.6 Å². The molecule has 0 aliphatic carbocycles. The predicted molar refractivity (Wildman–Crippen MR) is 80.7 cm³/mol. The highest BCUT2D eigenvalue weighted by Gasteiger charge is 2.31. The van der Waals surface area contributed by atoms with E-state index in [1.165, 1.54) is 12.1 Å². The number of aryl methyl sites for hydroxylation is 1. The Balaban J connectivity index is 2.02. The lowest BCUT2D eigenvalue weighted by Crippen LogP contribution is -2.31. The van der Waals surface area contributed by atoms with E-state index in [0.29, 0.717) is 12.2 Å². The fourth-order valence-electron chi connectivity index (χ4n) is 2.51. The lowest BCUT2D eigenvalue weighted by molar-refractivity contribution is -0.140. The van der Waals surface area contributed by atoms with Crippen LogP contribution in [-0.2, 0) is 21.2 Å². The summed E-state index contributed by atoms with van der Waals surface area (Å²) in [7, 11) is -3.94. The molecule has 1 aliphatic heterocycles. The average Bonchev–Trinajstić information content (AvgIpc) is 2.96. The molecule has 0 unspecified atom stereocenters. The molecule has 9 heteroatoms. The zero-order valence-electron chi connectivity index (χ0n) is 11.8. The fraction of sp³-hybridized carbons (Fsp3) is 0.214. The van der Waals surface area contributed by atoms with Gasteiger partial charge in [-0.05, 0) is 18.6 Å². The Bertz CT molecular complexity index is 921. The van der Waals surface area contributed by atoms with Crippen molar-refractivity contribution in [2.45, 2.75) is 23.8 Å². The minimum absolute atomic E-state index is 0.000293. The Kier molecular flexibility index (Phi) is 3.64. The van der Waals surface area contributed by atoms with Crippen LogP contribution in [0.1, 0.15) is 18.3 Å². The molecule has 1 aliphatic rings. The molecule has 0 amide bonds. The van der Waals surface area contributed by atoms with Crippen molar-refractivity contribution in [1.82, 2.24) is 9.55 Å². The van der Waals surface area contributed by atoms with Gasteiger partial charge >= 0.3 is 5.97 Å². The molecule has 2 N–H and O–H groups in total. The first kappa shape index (κ1) is 15.2. The largest absolute Gasteiger partial charge is 0.480 e. The van der Waals surface area contributed by atoms with Gasteiger partial charge in [0, 0.05) is 6.42 Å². The van der Waals surface area contributed by atoms with Crippen molar-refractivity contribution >= 4 is 21.7 Å². The average molecular weight is 335 g/mol. The van der Waals surface area contributed by atoms with Crippen molar-refractivity contribution in [2.75, 3.05) is 4.72 Å². The van der Waals surface area contributed by atoms with Crippen LogP contribution < -0.4 is 10.3 Å². The number of hydrogen-bond acceptors (Lipinski definition) is 5. The molecule has 0 saturated carbocycles. The predicted octanol–water partition coefficient (Wildman–Crippen LogP) is 0.616. The Labute approximate surface area is 131 Å². The first-order valence-electron chi connectivity index (χ1n) is 6.81. The zero-order chi connectivity index (χ0) is 16.6. The van der Waals surface area contributed by atoms with Crippen molar-refractivity contribution in [2.24, 2.45) is 0 Å². The van der Waals surface area contributed by atoms with E-state index in [1.54, 1.807) is 18.2 Å². The summed E-state index contributed by atoms with van der Waals surface area (Å²) >= 11 is 0. The van der Waals surface area contributed by atoms with Gasteiger partial charge in [0.15, 0.2) is 0 Å². The summed E-state index contributed by atoms with van der Waals surface area (Å²) in [5.74, 6) is -0.805. The second-order valence-corrected chi connectivity index (χ2v) is 6.76. The number of carboxylic acids is 1. The van der Waals surface area contributed by atoms with Gasteiger partial charge in [-0.3, -0.25) is 14.1 Å². The maximum atomic E-state index is 12.4. The normalized spacial score (nSPS) is 16.8. The lowest BCUT2D eigenvalue weighted by Gasteiger charge is -2.12. The number of carboxylic acid groups (broad SMARTS) is 1. The summed E-state index contributed by atoms with van der Waals surface area (Å²) in [4.78, 5) is 27.6. The van der Waals surface area contributed by atoms with Gasteiger partial charge < -0.3 is 5.11 Å². The number of fused-ring (bicyclic) bond motifs is 1. The number of hydrogen-bond donors (Lipinski definition) is 2. The monoisotopic (exact) mass is 335 g/mol. The summed E-state index contributed by atoms with van der Waals surface area (Å²) in [5.41, 5.74) is -0.981. The minimum atomic E-state index is -3.94. The molecule has 120 valence electrons. The Morgan fingerprint density at radius 2 is 2.00 bits per heavy atom. The molecule has 0 saturated heterocycles. The molecule has 8 nitrogen and oxygen atoms in total. The van der Waals surface area contributed by atoms with Crippen LogP contribution in [0.4, 0.5) is 5.69 Å². The van der Waals surface area contributed by atoms with Crippen molar-refractivity contribution in [3.05, 3.63) is 52.7 Å². The third kappa shape index (κ3) is 2.70. The molecule has 2 heterocycles. The van der Waals surface area contributed by atoms with Crippen LogP contribution in [0.2, 0.25) is 0 Å². The van der Waals surface area contributed by atoms with Gasteiger partial charge in [0.25, 0.3) is 15.6 Å². The molecule has 0 bridgehead atoms. The summed E-state index contributed by atoms with van der Waals surface area (Å²) in [6.45, 7) is 0. The number of nitrogens with one attached hydrogen (secondary N) is 1. The van der Waals surface area contributed by atoms with Crippen LogP contribution in [-0.4, -0.2) is 29.0 Å². The topological polar surface area (TPSA) is 118 Å². The van der Waals surface area contributed by atoms with Gasteiger partial charge in [-0.15, -0.1) is 0 Å². The number of rotatable bonds is 4. The molecule has 1 aromatic carbocycles. The Morgan fingerprint density at radius 1 is 1.30 bits per heavy atom. The standard InChI is InChI=1S/C14H13N3O5S/c18-13-10(16-23(21,22)9-4-2-1-3-5-9)8-15-12-7-6-11(14(19)20)17(12)13/h1-5,8,11,16H,6-7H2,(H,19,20)/t11-/m0/s1. The Hall–Kier alpha value is -2.68. The van der Waals surface area contributed by atoms with E-state index in [-0.39, 0.29) is 17.0 Å². The van der Waals surface area contributed by atoms with E-state index in [1.807, 2.05) is 0 Å². The van der Waals surface area contributed by atoms with Crippen molar-refractivity contribution in [3.8, 4) is 0 Å². The second kappa shape index (κ2) is 5.51. The van der Waals surface area contributed by atoms with Crippen molar-refractivity contribution in [1.29, 1.82) is 0 Å². The van der Waals surface area contributed by atoms with E-state index in [0.717, 1.165) is 10.8 Å². The summed E-state index contributed by atoms with van der Waals surface area (Å²) in [6.07, 6.45) is 1.74. The molecular formula is C14H13N3O5S. The quantitative estimate of drug-likeness (QED) is 0.845. The number of carbonyl (C=O) groups is 1. The number of aromatic nitrogens is 2. The molecule has 2 aromatic rings. The molecule has 1 aromatic heterocycles. The molecular weight excluding hydrogens is 322 g/mol. The van der Waals surface area contributed by atoms with E-state index in [4.69, 9.17) is 5.11 Å². The number of nitrogens with zero attached hydrogens (tertiary/aromatic N) is 2. The van der Waals surface area contributed by atoms with Gasteiger partial charge in [-0.25, -0.2) is 18.2 Å².